The van der Waals surface area contributed by atoms with Crippen molar-refractivity contribution in [2.45, 2.75) is 10.6 Å². The number of sulfonamides is 1. The highest BCUT2D eigenvalue weighted by Gasteiger charge is 2.30. The van der Waals surface area contributed by atoms with Crippen molar-refractivity contribution in [1.82, 2.24) is 4.72 Å². The number of nitrogens with zero attached hydrogens (tertiary/aromatic N) is 1. The summed E-state index contributed by atoms with van der Waals surface area (Å²) in [6, 6.07) is 8.71. The van der Waals surface area contributed by atoms with Crippen molar-refractivity contribution in [3.63, 3.8) is 0 Å². The molecule has 0 bridgehead atoms. The summed E-state index contributed by atoms with van der Waals surface area (Å²) >= 11 is 6.54. The molecule has 4 rings (SSSR count). The molecule has 0 saturated carbocycles. The van der Waals surface area contributed by atoms with Crippen molar-refractivity contribution in [1.29, 1.82) is 0 Å². The number of halogens is 3. The first kappa shape index (κ1) is 23.9. The topological polar surface area (TPSA) is 108 Å². The fourth-order valence-corrected chi connectivity index (χ4v) is 5.93. The van der Waals surface area contributed by atoms with Gasteiger partial charge in [0.2, 0.25) is 0 Å². The van der Waals surface area contributed by atoms with E-state index in [1.165, 1.54) is 48.3 Å². The van der Waals surface area contributed by atoms with Crippen molar-refractivity contribution in [3.05, 3.63) is 69.6 Å². The van der Waals surface area contributed by atoms with Gasteiger partial charge < -0.3 is 15.5 Å². The Morgan fingerprint density at radius 3 is 2.47 bits per heavy atom. The monoisotopic (exact) mass is 526 g/mol. The summed E-state index contributed by atoms with van der Waals surface area (Å²) in [5, 5.41) is 4.85. The molecule has 178 valence electrons. The Kier molecular flexibility index (Phi) is 6.47. The lowest BCUT2D eigenvalue weighted by atomic mass is 9.96. The fourth-order valence-electron chi connectivity index (χ4n) is 3.54. The number of nitrogens with one attached hydrogen (secondary N) is 3. The van der Waals surface area contributed by atoms with Gasteiger partial charge in [-0.2, -0.15) is 0 Å². The molecule has 3 aromatic rings. The van der Waals surface area contributed by atoms with Crippen LogP contribution in [0.15, 0.2) is 46.7 Å². The summed E-state index contributed by atoms with van der Waals surface area (Å²) in [6.07, 6.45) is 0.189. The molecule has 1 aromatic heterocycles. The van der Waals surface area contributed by atoms with Crippen LogP contribution in [0.1, 0.15) is 15.9 Å². The number of carbonyl (C=O) groups excluding carboxylic acids is 2. The van der Waals surface area contributed by atoms with E-state index >= 15 is 0 Å². The Balaban J connectivity index is 1.47. The van der Waals surface area contributed by atoms with Gasteiger partial charge >= 0.3 is 6.03 Å². The number of rotatable bonds is 5. The van der Waals surface area contributed by atoms with Gasteiger partial charge in [0.25, 0.3) is 15.9 Å². The van der Waals surface area contributed by atoms with Crippen LogP contribution in [0.3, 0.4) is 0 Å². The van der Waals surface area contributed by atoms with E-state index in [2.05, 4.69) is 10.6 Å². The van der Waals surface area contributed by atoms with Gasteiger partial charge in [-0.15, -0.1) is 11.3 Å². The number of hydrogen-bond acceptors (Lipinski definition) is 6. The first-order valence-corrected chi connectivity index (χ1v) is 12.5. The minimum absolute atomic E-state index is 0.0549. The molecule has 0 atom stereocenters. The molecule has 0 unspecified atom stereocenters. The maximum Gasteiger partial charge on any atom is 0.333 e. The molecule has 1 aliphatic heterocycles. The van der Waals surface area contributed by atoms with Gasteiger partial charge in [-0.25, -0.2) is 26.7 Å². The number of benzene rings is 2. The molecule has 34 heavy (non-hydrogen) atoms. The predicted molar refractivity (Wildman–Crippen MR) is 126 cm³/mol. The smallest absolute Gasteiger partial charge is 0.333 e. The summed E-state index contributed by atoms with van der Waals surface area (Å²) in [4.78, 5) is 26.4. The highest BCUT2D eigenvalue weighted by Crippen LogP contribution is 2.32. The largest absolute Gasteiger partial charge is 0.383 e. The second-order valence-electron chi connectivity index (χ2n) is 7.20. The Hall–Kier alpha value is -3.22. The van der Waals surface area contributed by atoms with E-state index in [0.29, 0.717) is 5.69 Å². The van der Waals surface area contributed by atoms with Gasteiger partial charge in [0.15, 0.2) is 5.82 Å². The molecule has 13 heteroatoms. The first-order chi connectivity index (χ1) is 16.1. The molecule has 8 nitrogen and oxygen atoms in total. The average Bonchev–Trinajstić information content (AvgIpc) is 3.23. The molecule has 0 fully saturated rings. The van der Waals surface area contributed by atoms with Gasteiger partial charge in [-0.3, -0.25) is 4.79 Å². The zero-order valence-corrected chi connectivity index (χ0v) is 19.9. The Labute approximate surface area is 202 Å². The third kappa shape index (κ3) is 4.56. The fraction of sp³-hybridized carbons (Fsp3) is 0.143. The number of carbonyl (C=O) groups is 2. The zero-order chi connectivity index (χ0) is 24.6. The summed E-state index contributed by atoms with van der Waals surface area (Å²) in [5.74, 6) is -2.20. The Bertz CT molecular complexity index is 1390. The highest BCUT2D eigenvalue weighted by atomic mass is 35.5. The molecule has 3 N–H and O–H groups in total. The molecule has 0 spiro atoms. The molecule has 0 aliphatic carbocycles. The van der Waals surface area contributed by atoms with E-state index < -0.39 is 33.6 Å². The predicted octanol–water partition coefficient (Wildman–Crippen LogP) is 4.43. The third-order valence-electron chi connectivity index (χ3n) is 5.11. The van der Waals surface area contributed by atoms with Crippen molar-refractivity contribution < 1.29 is 26.8 Å². The molecule has 0 radical (unpaired) electrons. The van der Waals surface area contributed by atoms with E-state index in [-0.39, 0.29) is 44.0 Å². The van der Waals surface area contributed by atoms with Crippen LogP contribution in [0, 0.1) is 11.6 Å². The number of thiophene rings is 1. The number of amides is 3. The van der Waals surface area contributed by atoms with Crippen molar-refractivity contribution >= 4 is 62.0 Å². The summed E-state index contributed by atoms with van der Waals surface area (Å²) in [5.41, 5.74) is 0.524. The minimum Gasteiger partial charge on any atom is -0.383 e. The van der Waals surface area contributed by atoms with Gasteiger partial charge in [0.1, 0.15) is 15.7 Å². The number of urea groups is 1. The average molecular weight is 527 g/mol. The van der Waals surface area contributed by atoms with Crippen LogP contribution >= 0.6 is 22.9 Å². The van der Waals surface area contributed by atoms with Crippen molar-refractivity contribution in [2.24, 2.45) is 0 Å². The van der Waals surface area contributed by atoms with E-state index in [9.17, 15) is 26.8 Å². The second-order valence-corrected chi connectivity index (χ2v) is 10.8. The van der Waals surface area contributed by atoms with Crippen LogP contribution in [-0.4, -0.2) is 33.9 Å². The molecule has 1 aliphatic rings. The van der Waals surface area contributed by atoms with Gasteiger partial charge in [-0.1, -0.05) is 11.6 Å². The normalized spacial score (nSPS) is 13.4. The molecule has 0 saturated heterocycles. The maximum atomic E-state index is 14.6. The van der Waals surface area contributed by atoms with Gasteiger partial charge in [0, 0.05) is 36.1 Å². The lowest BCUT2D eigenvalue weighted by Gasteiger charge is -2.29. The summed E-state index contributed by atoms with van der Waals surface area (Å²) in [6.45, 7) is 0.173. The molecular weight excluding hydrogens is 510 g/mol. The van der Waals surface area contributed by atoms with Crippen molar-refractivity contribution in [2.75, 3.05) is 29.1 Å². The standard InChI is InChI=1S/C21H17ClF2N4O4S2/c1-25-19-15(23)10-14-13(18(19)24)8-9-28(20(14)29)12-4-2-11(3-5-12)26-21(30)27-34(31,32)17-7-6-16(22)33-17/h2-7,10,25H,8-9H2,1H3,(H2,26,27,30). The van der Waals surface area contributed by atoms with Crippen LogP contribution in [0.25, 0.3) is 0 Å². The summed E-state index contributed by atoms with van der Waals surface area (Å²) in [7, 11) is -2.68. The molecule has 2 heterocycles. The number of anilines is 3. The molecule has 3 amide bonds. The Morgan fingerprint density at radius 1 is 1.15 bits per heavy atom. The lowest BCUT2D eigenvalue weighted by Crippen LogP contribution is -2.38. The van der Waals surface area contributed by atoms with Crippen LogP contribution in [-0.2, 0) is 16.4 Å². The number of hydrogen-bond donors (Lipinski definition) is 3. The summed E-state index contributed by atoms with van der Waals surface area (Å²) < 4.78 is 55.2. The van der Waals surface area contributed by atoms with Crippen LogP contribution < -0.4 is 20.3 Å². The van der Waals surface area contributed by atoms with E-state index in [0.717, 1.165) is 17.4 Å². The third-order valence-corrected chi connectivity index (χ3v) is 8.16. The Morgan fingerprint density at radius 2 is 1.85 bits per heavy atom. The van der Waals surface area contributed by atoms with E-state index in [1.54, 1.807) is 0 Å². The van der Waals surface area contributed by atoms with Crippen LogP contribution in [0.2, 0.25) is 4.34 Å². The van der Waals surface area contributed by atoms with Crippen LogP contribution in [0.4, 0.5) is 30.6 Å². The molecule has 2 aromatic carbocycles. The SMILES string of the molecule is CNc1c(F)cc2c(c1F)CCN(c1ccc(NC(=O)NS(=O)(=O)c3ccc(Cl)s3)cc1)C2=O. The zero-order valence-electron chi connectivity index (χ0n) is 17.5. The van der Waals surface area contributed by atoms with Gasteiger partial charge in [-0.05, 0) is 48.9 Å². The molecular formula is C21H17ClF2N4O4S2. The van der Waals surface area contributed by atoms with E-state index in [1.807, 2.05) is 4.72 Å². The van der Waals surface area contributed by atoms with E-state index in [4.69, 9.17) is 11.6 Å². The lowest BCUT2D eigenvalue weighted by molar-refractivity contribution is 0.0979. The first-order valence-electron chi connectivity index (χ1n) is 9.80. The maximum absolute atomic E-state index is 14.6. The van der Waals surface area contributed by atoms with Gasteiger partial charge in [0.05, 0.1) is 4.34 Å². The minimum atomic E-state index is -4.08. The highest BCUT2D eigenvalue weighted by molar-refractivity contribution is 7.92. The quantitative estimate of drug-likeness (QED) is 0.456. The van der Waals surface area contributed by atoms with Crippen LogP contribution in [0.5, 0.6) is 0 Å². The second kappa shape index (κ2) is 9.20. The van der Waals surface area contributed by atoms with Crippen molar-refractivity contribution in [3.8, 4) is 0 Å². The number of fused-ring (bicyclic) bond motifs is 1.